The summed E-state index contributed by atoms with van der Waals surface area (Å²) in [5.74, 6) is 0.915. The molecular weight excluding hydrogens is 222 g/mol. The first-order chi connectivity index (χ1) is 8.69. The van der Waals surface area contributed by atoms with Gasteiger partial charge in [-0.2, -0.15) is 0 Å². The lowest BCUT2D eigenvalue weighted by Gasteiger charge is -2.36. The zero-order chi connectivity index (χ0) is 13.0. The summed E-state index contributed by atoms with van der Waals surface area (Å²) in [6.45, 7) is 11.1. The van der Waals surface area contributed by atoms with Crippen LogP contribution in [0.4, 0.5) is 0 Å². The Bertz CT molecular complexity index is 244. The molecule has 2 aliphatic rings. The van der Waals surface area contributed by atoms with Crippen molar-refractivity contribution in [1.29, 1.82) is 0 Å². The lowest BCUT2D eigenvalue weighted by atomic mass is 9.92. The first kappa shape index (κ1) is 14.3. The fourth-order valence-corrected chi connectivity index (χ4v) is 3.65. The largest absolute Gasteiger partial charge is 0.314 e. The SMILES string of the molecule is CCC1CN(C)CCCN1CC1CCNC(C)C1. The Hall–Kier alpha value is -0.120. The van der Waals surface area contributed by atoms with E-state index in [1.807, 2.05) is 0 Å². The first-order valence-electron chi connectivity index (χ1n) is 7.85. The van der Waals surface area contributed by atoms with Crippen molar-refractivity contribution < 1.29 is 0 Å². The molecule has 106 valence electrons. The Morgan fingerprint density at radius 2 is 2.11 bits per heavy atom. The molecule has 3 nitrogen and oxygen atoms in total. The van der Waals surface area contributed by atoms with Gasteiger partial charge in [0.2, 0.25) is 0 Å². The molecule has 3 atom stereocenters. The second kappa shape index (κ2) is 6.88. The molecule has 1 N–H and O–H groups in total. The lowest BCUT2D eigenvalue weighted by Crippen LogP contribution is -2.45. The van der Waals surface area contributed by atoms with Crippen LogP contribution in [0.1, 0.15) is 39.5 Å². The Balaban J connectivity index is 1.88. The smallest absolute Gasteiger partial charge is 0.0220 e. The number of nitrogens with zero attached hydrogens (tertiary/aromatic N) is 2. The van der Waals surface area contributed by atoms with Crippen molar-refractivity contribution >= 4 is 0 Å². The maximum atomic E-state index is 3.57. The van der Waals surface area contributed by atoms with Gasteiger partial charge in [-0.15, -0.1) is 0 Å². The van der Waals surface area contributed by atoms with Gasteiger partial charge in [-0.3, -0.25) is 4.90 Å². The zero-order valence-electron chi connectivity index (χ0n) is 12.5. The molecule has 0 saturated carbocycles. The minimum atomic E-state index is 0.721. The molecule has 2 heterocycles. The van der Waals surface area contributed by atoms with Crippen LogP contribution < -0.4 is 5.32 Å². The second-order valence-electron chi connectivity index (χ2n) is 6.42. The summed E-state index contributed by atoms with van der Waals surface area (Å²) in [6, 6.07) is 1.50. The molecule has 0 aromatic heterocycles. The molecule has 2 rings (SSSR count). The first-order valence-corrected chi connectivity index (χ1v) is 7.85. The van der Waals surface area contributed by atoms with Crippen molar-refractivity contribution in [2.75, 3.05) is 39.8 Å². The van der Waals surface area contributed by atoms with Crippen LogP contribution in [-0.4, -0.2) is 61.7 Å². The van der Waals surface area contributed by atoms with Crippen molar-refractivity contribution in [3.8, 4) is 0 Å². The number of hydrogen-bond donors (Lipinski definition) is 1. The Kier molecular flexibility index (Phi) is 5.46. The summed E-state index contributed by atoms with van der Waals surface area (Å²) in [7, 11) is 2.28. The van der Waals surface area contributed by atoms with Crippen LogP contribution in [0.3, 0.4) is 0 Å². The van der Waals surface area contributed by atoms with Gasteiger partial charge >= 0.3 is 0 Å². The topological polar surface area (TPSA) is 18.5 Å². The highest BCUT2D eigenvalue weighted by molar-refractivity contribution is 4.83. The van der Waals surface area contributed by atoms with Crippen LogP contribution in [0.15, 0.2) is 0 Å². The quantitative estimate of drug-likeness (QED) is 0.827. The molecule has 0 aromatic carbocycles. The summed E-state index contributed by atoms with van der Waals surface area (Å²) >= 11 is 0. The highest BCUT2D eigenvalue weighted by Gasteiger charge is 2.26. The third-order valence-electron chi connectivity index (χ3n) is 4.72. The van der Waals surface area contributed by atoms with E-state index in [1.54, 1.807) is 0 Å². The van der Waals surface area contributed by atoms with E-state index in [0.29, 0.717) is 0 Å². The molecule has 3 unspecified atom stereocenters. The number of piperidine rings is 1. The Morgan fingerprint density at radius 3 is 2.83 bits per heavy atom. The number of hydrogen-bond acceptors (Lipinski definition) is 3. The van der Waals surface area contributed by atoms with E-state index in [-0.39, 0.29) is 0 Å². The molecule has 2 saturated heterocycles. The van der Waals surface area contributed by atoms with E-state index in [9.17, 15) is 0 Å². The van der Waals surface area contributed by atoms with E-state index >= 15 is 0 Å². The van der Waals surface area contributed by atoms with Gasteiger partial charge in [0, 0.05) is 25.2 Å². The molecule has 2 fully saturated rings. The van der Waals surface area contributed by atoms with Crippen LogP contribution in [0, 0.1) is 5.92 Å². The summed E-state index contributed by atoms with van der Waals surface area (Å²) in [5, 5.41) is 3.57. The van der Waals surface area contributed by atoms with Crippen LogP contribution in [-0.2, 0) is 0 Å². The minimum Gasteiger partial charge on any atom is -0.314 e. The van der Waals surface area contributed by atoms with E-state index in [4.69, 9.17) is 0 Å². The van der Waals surface area contributed by atoms with Gasteiger partial charge in [-0.25, -0.2) is 0 Å². The van der Waals surface area contributed by atoms with Crippen molar-refractivity contribution in [2.45, 2.75) is 51.6 Å². The van der Waals surface area contributed by atoms with Gasteiger partial charge in [-0.05, 0) is 65.2 Å². The highest BCUT2D eigenvalue weighted by Crippen LogP contribution is 2.21. The standard InChI is InChI=1S/C15H31N3/c1-4-15-12-17(3)8-5-9-18(15)11-14-6-7-16-13(2)10-14/h13-16H,4-12H2,1-3H3. The summed E-state index contributed by atoms with van der Waals surface area (Å²) < 4.78 is 0. The van der Waals surface area contributed by atoms with Gasteiger partial charge in [0.25, 0.3) is 0 Å². The van der Waals surface area contributed by atoms with E-state index in [1.165, 1.54) is 58.4 Å². The molecule has 0 spiro atoms. The second-order valence-corrected chi connectivity index (χ2v) is 6.42. The van der Waals surface area contributed by atoms with Crippen molar-refractivity contribution in [2.24, 2.45) is 5.92 Å². The highest BCUT2D eigenvalue weighted by atomic mass is 15.2. The van der Waals surface area contributed by atoms with Crippen LogP contribution in [0.2, 0.25) is 0 Å². The number of rotatable bonds is 3. The number of likely N-dealkylation sites (N-methyl/N-ethyl adjacent to an activating group) is 1. The molecule has 2 aliphatic heterocycles. The van der Waals surface area contributed by atoms with E-state index in [0.717, 1.165) is 18.0 Å². The van der Waals surface area contributed by atoms with Gasteiger partial charge < -0.3 is 10.2 Å². The van der Waals surface area contributed by atoms with Gasteiger partial charge in [0.15, 0.2) is 0 Å². The molecule has 18 heavy (non-hydrogen) atoms. The summed E-state index contributed by atoms with van der Waals surface area (Å²) in [4.78, 5) is 5.30. The van der Waals surface area contributed by atoms with Crippen molar-refractivity contribution in [3.05, 3.63) is 0 Å². The van der Waals surface area contributed by atoms with Gasteiger partial charge in [0.05, 0.1) is 0 Å². The predicted octanol–water partition coefficient (Wildman–Crippen LogP) is 1.79. The molecule has 0 bridgehead atoms. The summed E-state index contributed by atoms with van der Waals surface area (Å²) in [5.41, 5.74) is 0. The van der Waals surface area contributed by atoms with Crippen molar-refractivity contribution in [3.63, 3.8) is 0 Å². The monoisotopic (exact) mass is 253 g/mol. The maximum Gasteiger partial charge on any atom is 0.0220 e. The number of nitrogens with one attached hydrogen (secondary N) is 1. The van der Waals surface area contributed by atoms with Gasteiger partial charge in [-0.1, -0.05) is 6.92 Å². The van der Waals surface area contributed by atoms with Crippen LogP contribution >= 0.6 is 0 Å². The third kappa shape index (κ3) is 3.94. The van der Waals surface area contributed by atoms with Crippen LogP contribution in [0.5, 0.6) is 0 Å². The molecule has 0 aliphatic carbocycles. The zero-order valence-corrected chi connectivity index (χ0v) is 12.5. The summed E-state index contributed by atoms with van der Waals surface area (Å²) in [6.07, 6.45) is 5.37. The van der Waals surface area contributed by atoms with Gasteiger partial charge in [0.1, 0.15) is 0 Å². The Morgan fingerprint density at radius 1 is 1.28 bits per heavy atom. The lowest BCUT2D eigenvalue weighted by molar-refractivity contribution is 0.138. The average molecular weight is 253 g/mol. The fourth-order valence-electron chi connectivity index (χ4n) is 3.65. The fraction of sp³-hybridized carbons (Fsp3) is 1.00. The minimum absolute atomic E-state index is 0.721. The average Bonchev–Trinajstić information content (AvgIpc) is 2.51. The van der Waals surface area contributed by atoms with E-state index < -0.39 is 0 Å². The maximum absolute atomic E-state index is 3.57. The Labute approximate surface area is 113 Å². The normalized spacial score (nSPS) is 36.5. The molecule has 0 aromatic rings. The molecule has 0 radical (unpaired) electrons. The molecular formula is C15H31N3. The predicted molar refractivity (Wildman–Crippen MR) is 78.0 cm³/mol. The molecule has 3 heteroatoms. The van der Waals surface area contributed by atoms with E-state index in [2.05, 4.69) is 36.0 Å². The molecule has 0 amide bonds. The third-order valence-corrected chi connectivity index (χ3v) is 4.72. The van der Waals surface area contributed by atoms with Crippen LogP contribution in [0.25, 0.3) is 0 Å². The van der Waals surface area contributed by atoms with Crippen molar-refractivity contribution in [1.82, 2.24) is 15.1 Å².